The summed E-state index contributed by atoms with van der Waals surface area (Å²) >= 11 is 0. The van der Waals surface area contributed by atoms with Crippen molar-refractivity contribution in [1.82, 2.24) is 5.32 Å². The summed E-state index contributed by atoms with van der Waals surface area (Å²) in [5.41, 5.74) is 3.44. The standard InChI is InChI=1S/C24H28N2O4/c27-23(16-30-22-13-5-8-17-7-1-2-10-19(17)22)26-21-12-4-3-11-20(21)24(28)25-15-18-9-6-14-29-18/h3-5,8,11-13,18H,1-2,6-7,9-10,14-16H2,(H,25,28)(H,26,27)/t18-/m0/s1. The number of nitrogens with one attached hydrogen (secondary N) is 2. The third-order valence-corrected chi connectivity index (χ3v) is 5.67. The molecule has 0 unspecified atom stereocenters. The fourth-order valence-electron chi connectivity index (χ4n) is 4.11. The number of rotatable bonds is 7. The van der Waals surface area contributed by atoms with E-state index in [1.807, 2.05) is 12.1 Å². The van der Waals surface area contributed by atoms with Crippen LogP contribution in [0, 0.1) is 0 Å². The average molecular weight is 408 g/mol. The maximum Gasteiger partial charge on any atom is 0.262 e. The number of hydrogen-bond acceptors (Lipinski definition) is 4. The number of carbonyl (C=O) groups is 2. The molecule has 1 aliphatic carbocycles. The highest BCUT2D eigenvalue weighted by Gasteiger charge is 2.19. The lowest BCUT2D eigenvalue weighted by Gasteiger charge is -2.19. The van der Waals surface area contributed by atoms with E-state index in [1.54, 1.807) is 24.3 Å². The molecule has 2 N–H and O–H groups in total. The quantitative estimate of drug-likeness (QED) is 0.735. The number of anilines is 1. The average Bonchev–Trinajstić information content (AvgIpc) is 3.30. The summed E-state index contributed by atoms with van der Waals surface area (Å²) in [5.74, 6) is 0.271. The summed E-state index contributed by atoms with van der Waals surface area (Å²) in [5, 5.41) is 5.71. The molecule has 6 heteroatoms. The monoisotopic (exact) mass is 408 g/mol. The third kappa shape index (κ3) is 5.00. The minimum absolute atomic E-state index is 0.0703. The maximum absolute atomic E-state index is 12.6. The Morgan fingerprint density at radius 2 is 1.90 bits per heavy atom. The Balaban J connectivity index is 1.35. The van der Waals surface area contributed by atoms with Crippen molar-refractivity contribution < 1.29 is 19.1 Å². The molecule has 0 bridgehead atoms. The van der Waals surface area contributed by atoms with E-state index < -0.39 is 0 Å². The van der Waals surface area contributed by atoms with Crippen LogP contribution in [0.1, 0.15) is 47.2 Å². The van der Waals surface area contributed by atoms with Crippen LogP contribution in [0.25, 0.3) is 0 Å². The first kappa shape index (κ1) is 20.4. The van der Waals surface area contributed by atoms with Crippen molar-refractivity contribution in [2.75, 3.05) is 25.1 Å². The predicted molar refractivity (Wildman–Crippen MR) is 115 cm³/mol. The van der Waals surface area contributed by atoms with Gasteiger partial charge in [-0.1, -0.05) is 24.3 Å². The first-order chi connectivity index (χ1) is 14.7. The lowest BCUT2D eigenvalue weighted by molar-refractivity contribution is -0.118. The van der Waals surface area contributed by atoms with Gasteiger partial charge in [0.15, 0.2) is 6.61 Å². The van der Waals surface area contributed by atoms with Crippen molar-refractivity contribution in [2.24, 2.45) is 0 Å². The van der Waals surface area contributed by atoms with Crippen LogP contribution in [-0.2, 0) is 22.4 Å². The van der Waals surface area contributed by atoms with Crippen molar-refractivity contribution in [3.8, 4) is 5.75 Å². The Labute approximate surface area is 177 Å². The van der Waals surface area contributed by atoms with Gasteiger partial charge in [-0.05, 0) is 67.9 Å². The minimum atomic E-state index is -0.289. The normalized spacial score (nSPS) is 17.8. The molecule has 0 radical (unpaired) electrons. The number of hydrogen-bond donors (Lipinski definition) is 2. The topological polar surface area (TPSA) is 76.7 Å². The van der Waals surface area contributed by atoms with E-state index in [0.29, 0.717) is 17.8 Å². The van der Waals surface area contributed by atoms with Gasteiger partial charge in [0.05, 0.1) is 17.4 Å². The summed E-state index contributed by atoms with van der Waals surface area (Å²) in [6.07, 6.45) is 6.45. The molecule has 2 aliphatic rings. The van der Waals surface area contributed by atoms with Crippen molar-refractivity contribution in [3.63, 3.8) is 0 Å². The molecule has 2 amide bonds. The molecule has 0 spiro atoms. The Morgan fingerprint density at radius 1 is 1.03 bits per heavy atom. The van der Waals surface area contributed by atoms with Crippen molar-refractivity contribution in [1.29, 1.82) is 0 Å². The molecule has 1 atom stereocenters. The van der Waals surface area contributed by atoms with Crippen LogP contribution >= 0.6 is 0 Å². The Morgan fingerprint density at radius 3 is 2.77 bits per heavy atom. The fourth-order valence-corrected chi connectivity index (χ4v) is 4.11. The smallest absolute Gasteiger partial charge is 0.262 e. The molecule has 4 rings (SSSR count). The molecule has 2 aromatic carbocycles. The van der Waals surface area contributed by atoms with Gasteiger partial charge in [-0.2, -0.15) is 0 Å². The van der Waals surface area contributed by atoms with Gasteiger partial charge in [-0.15, -0.1) is 0 Å². The van der Waals surface area contributed by atoms with Crippen molar-refractivity contribution in [2.45, 2.75) is 44.6 Å². The zero-order chi connectivity index (χ0) is 20.8. The van der Waals surface area contributed by atoms with Gasteiger partial charge in [-0.25, -0.2) is 0 Å². The minimum Gasteiger partial charge on any atom is -0.483 e. The summed E-state index contributed by atoms with van der Waals surface area (Å²) in [6.45, 7) is 1.13. The lowest BCUT2D eigenvalue weighted by Crippen LogP contribution is -2.32. The molecule has 1 heterocycles. The number of fused-ring (bicyclic) bond motifs is 1. The number of benzene rings is 2. The van der Waals surface area contributed by atoms with Gasteiger partial charge in [0.2, 0.25) is 0 Å². The van der Waals surface area contributed by atoms with Crippen LogP contribution in [0.2, 0.25) is 0 Å². The fraction of sp³-hybridized carbons (Fsp3) is 0.417. The van der Waals surface area contributed by atoms with E-state index >= 15 is 0 Å². The van der Waals surface area contributed by atoms with E-state index in [-0.39, 0.29) is 24.5 Å². The Kier molecular flexibility index (Phi) is 6.64. The largest absolute Gasteiger partial charge is 0.483 e. The van der Waals surface area contributed by atoms with Crippen LogP contribution in [0.4, 0.5) is 5.69 Å². The van der Waals surface area contributed by atoms with Gasteiger partial charge >= 0.3 is 0 Å². The molecule has 30 heavy (non-hydrogen) atoms. The Bertz CT molecular complexity index is 906. The highest BCUT2D eigenvalue weighted by molar-refractivity contribution is 6.04. The number of para-hydroxylation sites is 1. The molecule has 158 valence electrons. The summed E-state index contributed by atoms with van der Waals surface area (Å²) in [4.78, 5) is 25.1. The number of amides is 2. The van der Waals surface area contributed by atoms with E-state index in [9.17, 15) is 9.59 Å². The number of carbonyl (C=O) groups excluding carboxylic acids is 2. The van der Waals surface area contributed by atoms with Gasteiger partial charge in [0.25, 0.3) is 11.8 Å². The lowest BCUT2D eigenvalue weighted by atomic mass is 9.91. The van der Waals surface area contributed by atoms with Crippen LogP contribution in [0.3, 0.4) is 0 Å². The van der Waals surface area contributed by atoms with Crippen molar-refractivity contribution >= 4 is 17.5 Å². The second-order valence-electron chi connectivity index (χ2n) is 7.83. The molecule has 1 aliphatic heterocycles. The predicted octanol–water partition coefficient (Wildman–Crippen LogP) is 3.49. The summed E-state index contributed by atoms with van der Waals surface area (Å²) in [6, 6.07) is 13.0. The van der Waals surface area contributed by atoms with E-state index in [0.717, 1.165) is 44.5 Å². The molecule has 1 fully saturated rings. The highest BCUT2D eigenvalue weighted by atomic mass is 16.5. The van der Waals surface area contributed by atoms with E-state index in [4.69, 9.17) is 9.47 Å². The van der Waals surface area contributed by atoms with Gasteiger partial charge < -0.3 is 20.1 Å². The van der Waals surface area contributed by atoms with Gasteiger partial charge in [-0.3, -0.25) is 9.59 Å². The SMILES string of the molecule is O=C(COc1cccc2c1CCCC2)Nc1ccccc1C(=O)NC[C@@H]1CCCO1. The molecular formula is C24H28N2O4. The summed E-state index contributed by atoms with van der Waals surface area (Å²) in [7, 11) is 0. The zero-order valence-electron chi connectivity index (χ0n) is 17.1. The zero-order valence-corrected chi connectivity index (χ0v) is 17.1. The first-order valence-electron chi connectivity index (χ1n) is 10.7. The number of aryl methyl sites for hydroxylation is 1. The second-order valence-corrected chi connectivity index (χ2v) is 7.83. The molecule has 0 aromatic heterocycles. The molecular weight excluding hydrogens is 380 g/mol. The van der Waals surface area contributed by atoms with E-state index in [1.165, 1.54) is 17.5 Å². The molecule has 1 saturated heterocycles. The van der Waals surface area contributed by atoms with Crippen LogP contribution < -0.4 is 15.4 Å². The first-order valence-corrected chi connectivity index (χ1v) is 10.7. The number of ether oxygens (including phenoxy) is 2. The van der Waals surface area contributed by atoms with Crippen LogP contribution in [0.15, 0.2) is 42.5 Å². The molecule has 6 nitrogen and oxygen atoms in total. The molecule has 2 aromatic rings. The third-order valence-electron chi connectivity index (χ3n) is 5.67. The summed E-state index contributed by atoms with van der Waals surface area (Å²) < 4.78 is 11.4. The van der Waals surface area contributed by atoms with Crippen LogP contribution in [-0.4, -0.2) is 37.7 Å². The molecule has 0 saturated carbocycles. The van der Waals surface area contributed by atoms with Crippen molar-refractivity contribution in [3.05, 3.63) is 59.2 Å². The Hall–Kier alpha value is -2.86. The van der Waals surface area contributed by atoms with E-state index in [2.05, 4.69) is 16.7 Å². The van der Waals surface area contributed by atoms with Gasteiger partial charge in [0.1, 0.15) is 5.75 Å². The van der Waals surface area contributed by atoms with Gasteiger partial charge in [0, 0.05) is 13.2 Å². The maximum atomic E-state index is 12.6. The second kappa shape index (κ2) is 9.76. The van der Waals surface area contributed by atoms with Crippen LogP contribution in [0.5, 0.6) is 5.75 Å². The highest BCUT2D eigenvalue weighted by Crippen LogP contribution is 2.29.